The molecule has 110 heavy (non-hydrogen) atoms. The summed E-state index contributed by atoms with van der Waals surface area (Å²) in [6.45, 7) is -11.2. The van der Waals surface area contributed by atoms with Gasteiger partial charge in [-0.25, -0.2) is 0 Å². The van der Waals surface area contributed by atoms with E-state index in [0.717, 1.165) is 0 Å². The van der Waals surface area contributed by atoms with Crippen LogP contribution in [0.5, 0.6) is 0 Å². The van der Waals surface area contributed by atoms with Crippen LogP contribution in [-0.2, 0) is 94.7 Å². The van der Waals surface area contributed by atoms with Crippen molar-refractivity contribution in [3.63, 3.8) is 0 Å². The van der Waals surface area contributed by atoms with E-state index in [-0.39, 0.29) is 0 Å². The van der Waals surface area contributed by atoms with Crippen molar-refractivity contribution >= 4 is 0 Å². The minimum absolute atomic E-state index is 0.987. The van der Waals surface area contributed by atoms with E-state index in [0.29, 0.717) is 0 Å². The van der Waals surface area contributed by atoms with Gasteiger partial charge in [0.25, 0.3) is 0 Å². The first-order valence-corrected chi connectivity index (χ1v) is 35.2. The molecule has 0 spiro atoms. The summed E-state index contributed by atoms with van der Waals surface area (Å²) < 4.78 is 116. The van der Waals surface area contributed by atoms with E-state index >= 15 is 0 Å². The molecule has 32 saturated heterocycles. The second kappa shape index (κ2) is 37.9. The molecule has 0 aromatic carbocycles. The third-order valence-electron chi connectivity index (χ3n) is 21.1. The zero-order valence-corrected chi connectivity index (χ0v) is 57.5. The van der Waals surface area contributed by atoms with Crippen LogP contribution in [0.1, 0.15) is 0 Å². The van der Waals surface area contributed by atoms with Crippen molar-refractivity contribution in [1.82, 2.24) is 0 Å². The molecule has 32 aliphatic heterocycles. The second-order valence-corrected chi connectivity index (χ2v) is 28.2. The lowest BCUT2D eigenvalue weighted by molar-refractivity contribution is -0.406. The predicted octanol–water partition coefficient (Wildman–Crippen LogP) is -21.8. The fourth-order valence-corrected chi connectivity index (χ4v) is 14.7. The summed E-state index contributed by atoms with van der Waals surface area (Å²) in [4.78, 5) is 0. The smallest absolute Gasteiger partial charge is 0.187 e. The third-order valence-corrected chi connectivity index (χ3v) is 21.1. The Morgan fingerprint density at radius 3 is 0.464 bits per heavy atom. The fourth-order valence-electron chi connectivity index (χ4n) is 14.7. The van der Waals surface area contributed by atoms with Crippen molar-refractivity contribution in [2.45, 2.75) is 307 Å². The number of aliphatic hydroxyl groups is 30. The van der Waals surface area contributed by atoms with Crippen LogP contribution in [0.15, 0.2) is 0 Å². The van der Waals surface area contributed by atoms with Gasteiger partial charge in [-0.2, -0.15) is 0 Å². The maximum Gasteiger partial charge on any atom is 0.187 e. The molecule has 0 unspecified atom stereocenters. The van der Waals surface area contributed by atoms with Crippen LogP contribution in [0, 0.1) is 0 Å². The molecule has 32 fully saturated rings. The molecule has 0 aromatic rings. The van der Waals surface area contributed by atoms with Crippen LogP contribution >= 0.6 is 0 Å². The summed E-state index contributed by atoms with van der Waals surface area (Å²) in [5.41, 5.74) is 0. The predicted molar refractivity (Wildman–Crippen MR) is 326 cm³/mol. The van der Waals surface area contributed by atoms with Gasteiger partial charge in [0, 0.05) is 0 Å². The molecule has 50 heteroatoms. The first-order chi connectivity index (χ1) is 52.3. The normalized spacial score (nSPS) is 55.1. The Hall–Kier alpha value is -2.00. The van der Waals surface area contributed by atoms with E-state index in [1.807, 2.05) is 0 Å². The standard InChI is InChI=1S/C60H100O50/c61-1-11-21(69)23(71)33(81)51(93-11)91-9-19-49-32(80)42(90)60(102-19)110-50-20(10-92-52-34(82)24(72)22(70)12(2-62)94-52)101-59(41(89)31(50)79)108-48-18(8-68)99-57(39(87)29(48)77)106-46-16(6-66)97-55(37(85)27(46)75)104-44-14(4-64)95-53(35(83)25(44)73)103-43-13(3-63)96-54(36(84)26(43)74)105-45-15(5-65)98-56(38(86)28(45)76)107-47-17(7-67)100-58(109-49)40(88)30(47)78/h11-90H,1-10H2/t11-,12-,13-,14-,15-,16-,17-,18-,19-,20-,21+,22+,23+,24+,25-,26-,27-,28-,29-,30-,31-,32-,33-,34-,35-,36-,37-,38-,39-,40-,41-,42-,43-,44-,45-,46-,47-,48-,49-,50-,51+,52+,53-,54-,55-,56-,57-,58-,59-,60-/m1/s1. The van der Waals surface area contributed by atoms with Gasteiger partial charge in [0.1, 0.15) is 244 Å². The van der Waals surface area contributed by atoms with Crippen molar-refractivity contribution in [3.05, 3.63) is 0 Å². The zero-order valence-electron chi connectivity index (χ0n) is 57.5. The number of hydrogen-bond donors (Lipinski definition) is 30. The van der Waals surface area contributed by atoms with Crippen LogP contribution in [0.25, 0.3) is 0 Å². The molecule has 0 saturated carbocycles. The van der Waals surface area contributed by atoms with Gasteiger partial charge in [0.15, 0.2) is 62.9 Å². The van der Waals surface area contributed by atoms with Crippen molar-refractivity contribution in [1.29, 1.82) is 0 Å². The Bertz CT molecular complexity index is 2750. The van der Waals surface area contributed by atoms with Crippen molar-refractivity contribution in [3.8, 4) is 0 Å². The highest BCUT2D eigenvalue weighted by molar-refractivity contribution is 5.04. The summed E-state index contributed by atoms with van der Waals surface area (Å²) in [7, 11) is 0. The lowest BCUT2D eigenvalue weighted by Gasteiger charge is -2.51. The van der Waals surface area contributed by atoms with Crippen molar-refractivity contribution in [2.24, 2.45) is 0 Å². The second-order valence-electron chi connectivity index (χ2n) is 28.2. The molecule has 32 aliphatic rings. The van der Waals surface area contributed by atoms with Crippen molar-refractivity contribution in [2.75, 3.05) is 66.1 Å². The van der Waals surface area contributed by atoms with Gasteiger partial charge >= 0.3 is 0 Å². The summed E-state index contributed by atoms with van der Waals surface area (Å²) in [6, 6.07) is 0. The molecule has 0 aliphatic carbocycles. The van der Waals surface area contributed by atoms with Gasteiger partial charge in [-0.3, -0.25) is 0 Å². The summed E-state index contributed by atoms with van der Waals surface area (Å²) in [5.74, 6) is 0. The number of aliphatic hydroxyl groups excluding tert-OH is 30. The molecule has 16 bridgehead atoms. The first-order valence-electron chi connectivity index (χ1n) is 35.2. The maximum atomic E-state index is 12.1. The summed E-state index contributed by atoms with van der Waals surface area (Å²) >= 11 is 0. The average molecular weight is 1620 g/mol. The summed E-state index contributed by atoms with van der Waals surface area (Å²) in [5, 5.41) is 335. The van der Waals surface area contributed by atoms with Crippen LogP contribution in [0.2, 0.25) is 0 Å². The average Bonchev–Trinajstić information content (AvgIpc) is 0.768. The maximum absolute atomic E-state index is 12.1. The third kappa shape index (κ3) is 17.8. The Morgan fingerprint density at radius 2 is 0.300 bits per heavy atom. The minimum Gasteiger partial charge on any atom is -0.394 e. The lowest BCUT2D eigenvalue weighted by Crippen LogP contribution is -2.69. The Labute approximate surface area is 619 Å². The van der Waals surface area contributed by atoms with Crippen LogP contribution in [0.4, 0.5) is 0 Å². The van der Waals surface area contributed by atoms with Gasteiger partial charge < -0.3 is 248 Å². The largest absolute Gasteiger partial charge is 0.394 e. The molecule has 50 nitrogen and oxygen atoms in total. The van der Waals surface area contributed by atoms with Crippen LogP contribution < -0.4 is 0 Å². The molecule has 32 rings (SSSR count). The molecule has 0 radical (unpaired) electrons. The highest BCUT2D eigenvalue weighted by Gasteiger charge is 2.62. The Morgan fingerprint density at radius 1 is 0.145 bits per heavy atom. The Balaban J connectivity index is 0.909. The van der Waals surface area contributed by atoms with E-state index in [2.05, 4.69) is 0 Å². The van der Waals surface area contributed by atoms with Gasteiger partial charge in [-0.05, 0) is 0 Å². The van der Waals surface area contributed by atoms with Crippen LogP contribution in [-0.4, -0.2) is 526 Å². The van der Waals surface area contributed by atoms with E-state index in [9.17, 15) is 153 Å². The van der Waals surface area contributed by atoms with Crippen molar-refractivity contribution < 1.29 is 248 Å². The topological polar surface area (TPSA) is 792 Å². The molecule has 0 aromatic heterocycles. The first kappa shape index (κ1) is 88.8. The number of hydrogen-bond acceptors (Lipinski definition) is 50. The fraction of sp³-hybridized carbons (Fsp3) is 1.00. The molecule has 30 N–H and O–H groups in total. The number of rotatable bonds is 14. The van der Waals surface area contributed by atoms with E-state index in [4.69, 9.17) is 94.7 Å². The molecular weight excluding hydrogens is 1520 g/mol. The number of ether oxygens (including phenoxy) is 20. The lowest BCUT2D eigenvalue weighted by atomic mass is 9.94. The molecule has 0 amide bonds. The van der Waals surface area contributed by atoms with Gasteiger partial charge in [0.05, 0.1) is 66.1 Å². The van der Waals surface area contributed by atoms with E-state index < -0.39 is 373 Å². The van der Waals surface area contributed by atoms with Gasteiger partial charge in [-0.15, -0.1) is 0 Å². The quantitative estimate of drug-likeness (QED) is 0.0768. The van der Waals surface area contributed by atoms with E-state index in [1.54, 1.807) is 0 Å². The molecular formula is C60H100O50. The molecule has 50 atom stereocenters. The minimum atomic E-state index is -2.52. The molecule has 32 heterocycles. The van der Waals surface area contributed by atoms with Crippen LogP contribution in [0.3, 0.4) is 0 Å². The van der Waals surface area contributed by atoms with Gasteiger partial charge in [0.2, 0.25) is 0 Å². The monoisotopic (exact) mass is 1620 g/mol. The van der Waals surface area contributed by atoms with E-state index in [1.165, 1.54) is 0 Å². The molecule has 640 valence electrons. The van der Waals surface area contributed by atoms with Gasteiger partial charge in [-0.1, -0.05) is 0 Å². The summed E-state index contributed by atoms with van der Waals surface area (Å²) in [6.07, 6.45) is -108. The zero-order chi connectivity index (χ0) is 80.1. The Kier molecular flexibility index (Phi) is 30.6. The highest BCUT2D eigenvalue weighted by atomic mass is 16.8. The SMILES string of the molecule is OC[C@H]1O[C@H](OC[C@H]2O[C@@H]3O[C@H]4[C@H](O)[C@@H](O)[C@@H](O[C@H]5[C@H](O)[C@@H](O)[C@@H](O[C@H]6[C@H](O)[C@@H](O)[C@@H](O[C@H]7[C@H](O)[C@@H](O)[C@@H](O[C@H]8[C@H](O)[C@@H](O)[C@@H](O[C@H]9[C@H](O)[C@@H](O)[C@@H](O[C@H]%10[C@H](O)[C@@H](O)[C@@H](O[C@H]2[C@H](O)[C@H]3O)O[C@@H]%10CO)O[C@@H]9CO)O[C@@H]8CO)O[C@@H]7CO)O[C@@H]6CO)O[C@@H]5CO)O[C@@H]4CO[C@H]2O[C@H](CO)[C@H](O)[C@H](O)[C@H]2O)[C@H](O)[C@@H](O)[C@H]1O. The highest BCUT2D eigenvalue weighted by Crippen LogP contribution is 2.41.